The van der Waals surface area contributed by atoms with Crippen LogP contribution in [-0.2, 0) is 22.4 Å². The van der Waals surface area contributed by atoms with Gasteiger partial charge in [0.2, 0.25) is 0 Å². The van der Waals surface area contributed by atoms with Gasteiger partial charge in [-0.25, -0.2) is 4.79 Å². The zero-order valence-electron chi connectivity index (χ0n) is 21.3. The smallest absolute Gasteiger partial charge is 0.341 e. The van der Waals surface area contributed by atoms with E-state index in [1.54, 1.807) is 11.3 Å². The van der Waals surface area contributed by atoms with E-state index in [1.807, 2.05) is 39.0 Å². The minimum atomic E-state index is -0.323. The summed E-state index contributed by atoms with van der Waals surface area (Å²) in [6, 6.07) is 7.93. The number of ether oxygens (including phenoxy) is 2. The highest BCUT2D eigenvalue weighted by atomic mass is 32.1. The lowest BCUT2D eigenvalue weighted by Crippen LogP contribution is -3.19. The topological polar surface area (TPSA) is 72.3 Å². The molecule has 0 bridgehead atoms. The molecule has 0 spiro atoms. The number of rotatable bonds is 8. The minimum Gasteiger partial charge on any atom is -0.492 e. The Morgan fingerprint density at radius 1 is 1.20 bits per heavy atom. The third kappa shape index (κ3) is 5.64. The van der Waals surface area contributed by atoms with Crippen LogP contribution in [-0.4, -0.2) is 57.3 Å². The van der Waals surface area contributed by atoms with E-state index < -0.39 is 0 Å². The lowest BCUT2D eigenvalue weighted by Gasteiger charge is -2.36. The first-order valence-corrected chi connectivity index (χ1v) is 13.7. The first-order chi connectivity index (χ1) is 16.9. The molecule has 1 aliphatic heterocycles. The number of fused-ring (bicyclic) bond motifs is 1. The van der Waals surface area contributed by atoms with E-state index in [0.29, 0.717) is 29.7 Å². The van der Waals surface area contributed by atoms with Crippen LogP contribution >= 0.6 is 11.3 Å². The highest BCUT2D eigenvalue weighted by Crippen LogP contribution is 2.40. The Morgan fingerprint density at radius 2 is 1.94 bits per heavy atom. The molecule has 35 heavy (non-hydrogen) atoms. The summed E-state index contributed by atoms with van der Waals surface area (Å²) in [5.41, 5.74) is 2.76. The van der Waals surface area contributed by atoms with Gasteiger partial charge in [-0.05, 0) is 63.6 Å². The van der Waals surface area contributed by atoms with E-state index >= 15 is 0 Å². The second-order valence-corrected chi connectivity index (χ2v) is 10.6. The predicted octanol–water partition coefficient (Wildman–Crippen LogP) is 3.18. The normalized spacial score (nSPS) is 19.1. The van der Waals surface area contributed by atoms with Crippen LogP contribution < -0.4 is 19.9 Å². The van der Waals surface area contributed by atoms with Crippen molar-refractivity contribution in [2.45, 2.75) is 53.0 Å². The molecule has 2 aromatic rings. The SMILES string of the molecule is CCOC(=O)c1c(NC(=O)[C@H](C)[NH+]2CCN(c3ccccc3OCC)CC2)sc2c1CC[C@H](C)C2. The Morgan fingerprint density at radius 3 is 2.66 bits per heavy atom. The number of carbonyl (C=O) groups is 2. The first kappa shape index (κ1) is 25.5. The lowest BCUT2D eigenvalue weighted by molar-refractivity contribution is -0.914. The molecule has 2 aliphatic rings. The standard InChI is InChI=1S/C27H37N3O4S/c1-5-33-22-10-8-7-9-21(22)30-15-13-29(14-16-30)19(4)25(31)28-26-24(27(32)34-6-2)20-12-11-18(3)17-23(20)35-26/h7-10,18-19H,5-6,11-17H2,1-4H3,(H,28,31)/p+1/t18-,19-/m0/s1. The van der Waals surface area contributed by atoms with Crippen LogP contribution in [0.25, 0.3) is 0 Å². The number of benzene rings is 1. The Hall–Kier alpha value is -2.58. The van der Waals surface area contributed by atoms with Crippen molar-refractivity contribution in [2.24, 2.45) is 5.92 Å². The maximum absolute atomic E-state index is 13.3. The molecule has 2 N–H and O–H groups in total. The third-order valence-electron chi connectivity index (χ3n) is 7.15. The van der Waals surface area contributed by atoms with Gasteiger partial charge in [0.05, 0.1) is 50.6 Å². The summed E-state index contributed by atoms with van der Waals surface area (Å²) >= 11 is 1.55. The number of amides is 1. The zero-order chi connectivity index (χ0) is 24.9. The number of quaternary nitrogens is 1. The molecule has 1 aliphatic carbocycles. The number of anilines is 2. The molecule has 4 rings (SSSR count). The summed E-state index contributed by atoms with van der Waals surface area (Å²) < 4.78 is 11.2. The molecule has 2 heterocycles. The van der Waals surface area contributed by atoms with Crippen molar-refractivity contribution in [1.82, 2.24) is 0 Å². The number of piperazine rings is 1. The average molecular weight is 501 g/mol. The van der Waals surface area contributed by atoms with Crippen molar-refractivity contribution < 1.29 is 24.0 Å². The van der Waals surface area contributed by atoms with Crippen molar-refractivity contribution in [3.63, 3.8) is 0 Å². The van der Waals surface area contributed by atoms with Crippen LogP contribution in [0.3, 0.4) is 0 Å². The molecule has 8 heteroatoms. The van der Waals surface area contributed by atoms with Gasteiger partial charge in [0.1, 0.15) is 10.8 Å². The lowest BCUT2D eigenvalue weighted by atomic mass is 9.88. The molecule has 1 aromatic heterocycles. The van der Waals surface area contributed by atoms with Gasteiger partial charge in [0.25, 0.3) is 5.91 Å². The van der Waals surface area contributed by atoms with Crippen LogP contribution in [0.1, 0.15) is 54.9 Å². The second-order valence-electron chi connectivity index (χ2n) is 9.53. The number of hydrogen-bond donors (Lipinski definition) is 2. The van der Waals surface area contributed by atoms with E-state index in [2.05, 4.69) is 23.2 Å². The molecule has 190 valence electrons. The Bertz CT molecular complexity index is 1050. The summed E-state index contributed by atoms with van der Waals surface area (Å²) in [4.78, 5) is 30.9. The van der Waals surface area contributed by atoms with E-state index in [-0.39, 0.29) is 17.9 Å². The second kappa shape index (κ2) is 11.4. The van der Waals surface area contributed by atoms with Crippen LogP contribution in [0, 0.1) is 5.92 Å². The van der Waals surface area contributed by atoms with Gasteiger partial charge in [-0.1, -0.05) is 19.1 Å². The van der Waals surface area contributed by atoms with E-state index in [1.165, 1.54) is 9.78 Å². The van der Waals surface area contributed by atoms with Gasteiger partial charge >= 0.3 is 5.97 Å². The fourth-order valence-electron chi connectivity index (χ4n) is 5.13. The Balaban J connectivity index is 1.43. The largest absolute Gasteiger partial charge is 0.492 e. The quantitative estimate of drug-likeness (QED) is 0.545. The van der Waals surface area contributed by atoms with Gasteiger partial charge in [-0.3, -0.25) is 4.79 Å². The van der Waals surface area contributed by atoms with Crippen molar-refractivity contribution in [2.75, 3.05) is 49.6 Å². The number of esters is 1. The molecule has 0 unspecified atom stereocenters. The molecule has 0 radical (unpaired) electrons. The number of para-hydroxylation sites is 2. The summed E-state index contributed by atoms with van der Waals surface area (Å²) in [5.74, 6) is 1.13. The molecule has 7 nitrogen and oxygen atoms in total. The summed E-state index contributed by atoms with van der Waals surface area (Å²) in [6.07, 6.45) is 2.87. The Kier molecular flexibility index (Phi) is 8.34. The molecule has 1 saturated heterocycles. The van der Waals surface area contributed by atoms with Gasteiger partial charge in [0, 0.05) is 4.88 Å². The number of carbonyl (C=O) groups excluding carboxylic acids is 2. The van der Waals surface area contributed by atoms with Gasteiger partial charge in [-0.2, -0.15) is 0 Å². The zero-order valence-corrected chi connectivity index (χ0v) is 22.1. The molecular formula is C27H38N3O4S+. The molecule has 0 saturated carbocycles. The average Bonchev–Trinajstić information content (AvgIpc) is 3.21. The highest BCUT2D eigenvalue weighted by Gasteiger charge is 2.33. The number of thiophene rings is 1. The fourth-order valence-corrected chi connectivity index (χ4v) is 6.53. The van der Waals surface area contributed by atoms with Crippen LogP contribution in [0.5, 0.6) is 5.75 Å². The summed E-state index contributed by atoms with van der Waals surface area (Å²) in [5, 5.41) is 3.77. The maximum Gasteiger partial charge on any atom is 0.341 e. The van der Waals surface area contributed by atoms with E-state index in [9.17, 15) is 9.59 Å². The van der Waals surface area contributed by atoms with Crippen molar-refractivity contribution >= 4 is 33.9 Å². The maximum atomic E-state index is 13.3. The van der Waals surface area contributed by atoms with Gasteiger partial charge < -0.3 is 24.6 Å². The molecule has 1 amide bonds. The van der Waals surface area contributed by atoms with Gasteiger partial charge in [0.15, 0.2) is 6.04 Å². The summed E-state index contributed by atoms with van der Waals surface area (Å²) in [7, 11) is 0. The summed E-state index contributed by atoms with van der Waals surface area (Å²) in [6.45, 7) is 12.4. The monoisotopic (exact) mass is 500 g/mol. The van der Waals surface area contributed by atoms with Crippen LogP contribution in [0.4, 0.5) is 10.7 Å². The van der Waals surface area contributed by atoms with Crippen molar-refractivity contribution in [1.29, 1.82) is 0 Å². The predicted molar refractivity (Wildman–Crippen MR) is 140 cm³/mol. The van der Waals surface area contributed by atoms with E-state index in [0.717, 1.165) is 62.4 Å². The first-order valence-electron chi connectivity index (χ1n) is 12.9. The number of nitrogens with zero attached hydrogens (tertiary/aromatic N) is 1. The molecule has 1 aromatic carbocycles. The van der Waals surface area contributed by atoms with Crippen LogP contribution in [0.15, 0.2) is 24.3 Å². The fraction of sp³-hybridized carbons (Fsp3) is 0.556. The highest BCUT2D eigenvalue weighted by molar-refractivity contribution is 7.17. The Labute approximate surface area is 212 Å². The van der Waals surface area contributed by atoms with E-state index in [4.69, 9.17) is 9.47 Å². The molecule has 1 fully saturated rings. The molecule has 2 atom stereocenters. The minimum absolute atomic E-state index is 0.0413. The van der Waals surface area contributed by atoms with Gasteiger partial charge in [-0.15, -0.1) is 11.3 Å². The number of nitrogens with one attached hydrogen (secondary N) is 2. The van der Waals surface area contributed by atoms with Crippen molar-refractivity contribution in [3.05, 3.63) is 40.3 Å². The number of hydrogen-bond acceptors (Lipinski definition) is 6. The van der Waals surface area contributed by atoms with Crippen molar-refractivity contribution in [3.8, 4) is 5.75 Å². The molecular weight excluding hydrogens is 462 g/mol. The van der Waals surface area contributed by atoms with Crippen LogP contribution in [0.2, 0.25) is 0 Å². The third-order valence-corrected chi connectivity index (χ3v) is 8.31.